The van der Waals surface area contributed by atoms with Crippen LogP contribution in [0.3, 0.4) is 0 Å². The summed E-state index contributed by atoms with van der Waals surface area (Å²) in [5.74, 6) is 0.951. The second-order valence-corrected chi connectivity index (χ2v) is 6.36. The van der Waals surface area contributed by atoms with Gasteiger partial charge in [-0.15, -0.1) is 0 Å². The molecule has 0 saturated heterocycles. The quantitative estimate of drug-likeness (QED) is 0.848. The van der Waals surface area contributed by atoms with Gasteiger partial charge in [0.1, 0.15) is 0 Å². The van der Waals surface area contributed by atoms with Crippen molar-refractivity contribution in [3.8, 4) is 0 Å². The number of nitrogens with two attached hydrogens (primary N) is 1. The van der Waals surface area contributed by atoms with E-state index < -0.39 is 0 Å². The topological polar surface area (TPSA) is 26.0 Å². The monoisotopic (exact) mass is 243 g/mol. The first-order valence-electron chi connectivity index (χ1n) is 7.65. The summed E-state index contributed by atoms with van der Waals surface area (Å²) in [6.45, 7) is 0. The van der Waals surface area contributed by atoms with E-state index in [2.05, 4.69) is 24.3 Å². The molecule has 1 atom stereocenters. The summed E-state index contributed by atoms with van der Waals surface area (Å²) in [5.41, 5.74) is 9.59. The molecule has 1 aromatic carbocycles. The Morgan fingerprint density at radius 1 is 1.11 bits per heavy atom. The molecule has 2 aliphatic carbocycles. The summed E-state index contributed by atoms with van der Waals surface area (Å²) in [4.78, 5) is 0. The van der Waals surface area contributed by atoms with Gasteiger partial charge in [0, 0.05) is 5.54 Å². The third-order valence-corrected chi connectivity index (χ3v) is 5.12. The molecular weight excluding hydrogens is 218 g/mol. The lowest BCUT2D eigenvalue weighted by Crippen LogP contribution is -2.34. The minimum Gasteiger partial charge on any atom is -0.321 e. The number of aryl methyl sites for hydroxylation is 1. The number of hydrogen-bond donors (Lipinski definition) is 1. The molecule has 0 spiro atoms. The molecule has 3 rings (SSSR count). The van der Waals surface area contributed by atoms with Gasteiger partial charge in [0.05, 0.1) is 0 Å². The fourth-order valence-corrected chi connectivity index (χ4v) is 3.91. The first kappa shape index (κ1) is 12.2. The Morgan fingerprint density at radius 2 is 1.89 bits per heavy atom. The van der Waals surface area contributed by atoms with E-state index in [1.54, 1.807) is 0 Å². The summed E-state index contributed by atoms with van der Waals surface area (Å²) in [6, 6.07) is 8.80. The van der Waals surface area contributed by atoms with Gasteiger partial charge in [-0.2, -0.15) is 0 Å². The van der Waals surface area contributed by atoms with Crippen LogP contribution in [0.2, 0.25) is 0 Å². The molecule has 0 aliphatic heterocycles. The molecule has 0 radical (unpaired) electrons. The van der Waals surface area contributed by atoms with Gasteiger partial charge in [-0.25, -0.2) is 0 Å². The second kappa shape index (κ2) is 5.05. The number of hydrogen-bond acceptors (Lipinski definition) is 1. The van der Waals surface area contributed by atoms with Crippen LogP contribution in [0.4, 0.5) is 0 Å². The molecule has 1 saturated carbocycles. The molecule has 1 aromatic rings. The third-order valence-electron chi connectivity index (χ3n) is 5.12. The molecule has 98 valence electrons. The van der Waals surface area contributed by atoms with Crippen LogP contribution in [0.1, 0.15) is 62.5 Å². The molecule has 1 heteroatoms. The van der Waals surface area contributed by atoms with E-state index in [4.69, 9.17) is 5.73 Å². The van der Waals surface area contributed by atoms with Gasteiger partial charge in [0.2, 0.25) is 0 Å². The lowest BCUT2D eigenvalue weighted by molar-refractivity contribution is 0.287. The molecule has 18 heavy (non-hydrogen) atoms. The molecule has 0 heterocycles. The van der Waals surface area contributed by atoms with Crippen molar-refractivity contribution in [3.05, 3.63) is 35.4 Å². The van der Waals surface area contributed by atoms with Gasteiger partial charge in [-0.05, 0) is 42.7 Å². The molecule has 1 fully saturated rings. The van der Waals surface area contributed by atoms with Gasteiger partial charge in [0.25, 0.3) is 0 Å². The summed E-state index contributed by atoms with van der Waals surface area (Å²) < 4.78 is 0. The van der Waals surface area contributed by atoms with Gasteiger partial charge in [-0.3, -0.25) is 0 Å². The van der Waals surface area contributed by atoms with Crippen LogP contribution < -0.4 is 5.73 Å². The second-order valence-electron chi connectivity index (χ2n) is 6.36. The van der Waals surface area contributed by atoms with E-state index >= 15 is 0 Å². The molecule has 2 aliphatic rings. The Morgan fingerprint density at radius 3 is 2.72 bits per heavy atom. The molecule has 0 amide bonds. The average molecular weight is 243 g/mol. The highest BCUT2D eigenvalue weighted by Crippen LogP contribution is 2.40. The first-order valence-corrected chi connectivity index (χ1v) is 7.65. The Kier molecular flexibility index (Phi) is 3.43. The normalized spacial score (nSPS) is 28.3. The van der Waals surface area contributed by atoms with Crippen molar-refractivity contribution in [3.63, 3.8) is 0 Å². The minimum absolute atomic E-state index is 0.0198. The summed E-state index contributed by atoms with van der Waals surface area (Å²) in [7, 11) is 0. The van der Waals surface area contributed by atoms with Crippen LogP contribution in [0.15, 0.2) is 24.3 Å². The van der Waals surface area contributed by atoms with Gasteiger partial charge < -0.3 is 5.73 Å². The molecule has 0 aromatic heterocycles. The van der Waals surface area contributed by atoms with Crippen LogP contribution in [-0.4, -0.2) is 0 Å². The fraction of sp³-hybridized carbons (Fsp3) is 0.647. The first-order chi connectivity index (χ1) is 8.78. The van der Waals surface area contributed by atoms with Crippen molar-refractivity contribution in [2.24, 2.45) is 11.7 Å². The Labute approximate surface area is 111 Å². The van der Waals surface area contributed by atoms with Gasteiger partial charge in [-0.1, -0.05) is 56.4 Å². The van der Waals surface area contributed by atoms with Crippen molar-refractivity contribution in [1.82, 2.24) is 0 Å². The third kappa shape index (κ3) is 2.33. The van der Waals surface area contributed by atoms with Crippen LogP contribution in [0.25, 0.3) is 0 Å². The van der Waals surface area contributed by atoms with Crippen molar-refractivity contribution in [2.45, 2.75) is 63.3 Å². The van der Waals surface area contributed by atoms with Crippen LogP contribution in [0, 0.1) is 5.92 Å². The van der Waals surface area contributed by atoms with Gasteiger partial charge in [0.15, 0.2) is 0 Å². The van der Waals surface area contributed by atoms with E-state index in [1.165, 1.54) is 62.5 Å². The van der Waals surface area contributed by atoms with Crippen LogP contribution in [-0.2, 0) is 12.0 Å². The largest absolute Gasteiger partial charge is 0.321 e. The zero-order valence-electron chi connectivity index (χ0n) is 11.3. The molecular formula is C17H25N. The average Bonchev–Trinajstić information content (AvgIpc) is 2.77. The minimum atomic E-state index is -0.0198. The lowest BCUT2D eigenvalue weighted by Gasteiger charge is -2.29. The SMILES string of the molecule is NC1(CCC2CCCCC2)CCc2ccccc21. The predicted molar refractivity (Wildman–Crippen MR) is 76.4 cm³/mol. The van der Waals surface area contributed by atoms with Crippen molar-refractivity contribution in [1.29, 1.82) is 0 Å². The smallest absolute Gasteiger partial charge is 0.0415 e. The van der Waals surface area contributed by atoms with E-state index in [1.807, 2.05) is 0 Å². The zero-order valence-corrected chi connectivity index (χ0v) is 11.3. The Hall–Kier alpha value is -0.820. The summed E-state index contributed by atoms with van der Waals surface area (Å²) in [5, 5.41) is 0. The number of rotatable bonds is 3. The Balaban J connectivity index is 1.65. The predicted octanol–water partition coefficient (Wildman–Crippen LogP) is 4.15. The summed E-state index contributed by atoms with van der Waals surface area (Å²) >= 11 is 0. The van der Waals surface area contributed by atoms with E-state index in [0.29, 0.717) is 0 Å². The van der Waals surface area contributed by atoms with Crippen LogP contribution >= 0.6 is 0 Å². The van der Waals surface area contributed by atoms with Gasteiger partial charge >= 0.3 is 0 Å². The molecule has 1 unspecified atom stereocenters. The highest BCUT2D eigenvalue weighted by molar-refractivity contribution is 5.38. The maximum atomic E-state index is 6.69. The number of fused-ring (bicyclic) bond motifs is 1. The Bertz CT molecular complexity index is 406. The maximum Gasteiger partial charge on any atom is 0.0415 e. The standard InChI is InChI=1S/C17H25N/c18-17(12-10-14-6-2-1-3-7-14)13-11-15-8-4-5-9-16(15)17/h4-5,8-9,14H,1-3,6-7,10-13,18H2. The highest BCUT2D eigenvalue weighted by Gasteiger charge is 2.34. The van der Waals surface area contributed by atoms with Crippen LogP contribution in [0.5, 0.6) is 0 Å². The van der Waals surface area contributed by atoms with E-state index in [-0.39, 0.29) is 5.54 Å². The van der Waals surface area contributed by atoms with E-state index in [9.17, 15) is 0 Å². The lowest BCUT2D eigenvalue weighted by atomic mass is 9.80. The van der Waals surface area contributed by atoms with Crippen molar-refractivity contribution in [2.75, 3.05) is 0 Å². The maximum absolute atomic E-state index is 6.69. The number of benzene rings is 1. The molecule has 1 nitrogen and oxygen atoms in total. The fourth-order valence-electron chi connectivity index (χ4n) is 3.91. The highest BCUT2D eigenvalue weighted by atomic mass is 14.8. The summed E-state index contributed by atoms with van der Waals surface area (Å²) in [6.07, 6.45) is 12.1. The zero-order chi connectivity index (χ0) is 12.4. The molecule has 0 bridgehead atoms. The van der Waals surface area contributed by atoms with Crippen molar-refractivity contribution >= 4 is 0 Å². The van der Waals surface area contributed by atoms with E-state index in [0.717, 1.165) is 12.3 Å². The van der Waals surface area contributed by atoms with Crippen molar-refractivity contribution < 1.29 is 0 Å². The molecule has 2 N–H and O–H groups in total.